The van der Waals surface area contributed by atoms with Crippen molar-refractivity contribution in [1.82, 2.24) is 25.1 Å². The van der Waals surface area contributed by atoms with Gasteiger partial charge in [-0.2, -0.15) is 5.10 Å². The van der Waals surface area contributed by atoms with E-state index in [2.05, 4.69) is 25.3 Å². The Hall–Kier alpha value is -2.64. The molecule has 2 saturated heterocycles. The first-order valence-electron chi connectivity index (χ1n) is 8.47. The Kier molecular flexibility index (Phi) is 2.97. The Morgan fingerprint density at radius 2 is 2.12 bits per heavy atom. The van der Waals surface area contributed by atoms with Crippen LogP contribution in [0.5, 0.6) is 0 Å². The number of aryl methyl sites for hydroxylation is 1. The van der Waals surface area contributed by atoms with Gasteiger partial charge in [0.1, 0.15) is 12.1 Å². The summed E-state index contributed by atoms with van der Waals surface area (Å²) in [7, 11) is 0. The fourth-order valence-corrected chi connectivity index (χ4v) is 3.80. The number of nitrogens with zero attached hydrogens (tertiary/aromatic N) is 6. The molecule has 2 amide bonds. The van der Waals surface area contributed by atoms with E-state index in [4.69, 9.17) is 0 Å². The zero-order valence-corrected chi connectivity index (χ0v) is 13.4. The molecule has 1 aliphatic carbocycles. The number of rotatable bonds is 3. The summed E-state index contributed by atoms with van der Waals surface area (Å²) in [5.41, 5.74) is 3.40. The molecule has 4 heterocycles. The second kappa shape index (κ2) is 5.19. The average molecular weight is 325 g/mol. The van der Waals surface area contributed by atoms with Gasteiger partial charge in [-0.1, -0.05) is 0 Å². The van der Waals surface area contributed by atoms with E-state index in [1.807, 2.05) is 10.9 Å². The predicted molar refractivity (Wildman–Crippen MR) is 88.3 cm³/mol. The monoisotopic (exact) mass is 325 g/mol. The summed E-state index contributed by atoms with van der Waals surface area (Å²) in [4.78, 5) is 24.7. The molecule has 8 nitrogen and oxygen atoms in total. The lowest BCUT2D eigenvalue weighted by molar-refractivity contribution is 0.252. The van der Waals surface area contributed by atoms with Crippen molar-refractivity contribution in [2.24, 2.45) is 0 Å². The molecule has 0 atom stereocenters. The highest BCUT2D eigenvalue weighted by Crippen LogP contribution is 2.33. The molecule has 2 fully saturated rings. The van der Waals surface area contributed by atoms with Crippen molar-refractivity contribution in [3.8, 4) is 0 Å². The lowest BCUT2D eigenvalue weighted by Gasteiger charge is -2.40. The van der Waals surface area contributed by atoms with Crippen LogP contribution in [0.2, 0.25) is 0 Å². The molecule has 2 aliphatic heterocycles. The van der Waals surface area contributed by atoms with Crippen LogP contribution in [0.25, 0.3) is 0 Å². The summed E-state index contributed by atoms with van der Waals surface area (Å²) in [5, 5.41) is 7.27. The Bertz CT molecular complexity index is 795. The lowest BCUT2D eigenvalue weighted by Crippen LogP contribution is -2.48. The molecule has 2 aromatic heterocycles. The van der Waals surface area contributed by atoms with Crippen LogP contribution in [0, 0.1) is 0 Å². The molecular formula is C16H19N7O. The molecule has 8 heteroatoms. The van der Waals surface area contributed by atoms with Gasteiger partial charge in [0.15, 0.2) is 0 Å². The minimum atomic E-state index is -0.0404. The number of hydrogen-bond acceptors (Lipinski definition) is 5. The number of amides is 2. The van der Waals surface area contributed by atoms with E-state index in [9.17, 15) is 4.79 Å². The van der Waals surface area contributed by atoms with Crippen molar-refractivity contribution < 1.29 is 4.79 Å². The van der Waals surface area contributed by atoms with Gasteiger partial charge in [0.25, 0.3) is 0 Å². The molecular weight excluding hydrogens is 306 g/mol. The second-order valence-corrected chi connectivity index (χ2v) is 6.60. The fraction of sp³-hybridized carbons (Fsp3) is 0.500. The van der Waals surface area contributed by atoms with Gasteiger partial charge in [0.05, 0.1) is 17.9 Å². The van der Waals surface area contributed by atoms with Crippen molar-refractivity contribution in [2.45, 2.75) is 25.3 Å². The number of anilines is 2. The number of urea groups is 1. The molecule has 1 N–H and O–H groups in total. The number of fused-ring (bicyclic) bond motifs is 1. The van der Waals surface area contributed by atoms with Gasteiger partial charge in [-0.05, 0) is 19.3 Å². The lowest BCUT2D eigenvalue weighted by atomic mass is 10.1. The van der Waals surface area contributed by atoms with Crippen molar-refractivity contribution in [3.05, 3.63) is 30.0 Å². The number of hydrogen-bond donors (Lipinski definition) is 1. The van der Waals surface area contributed by atoms with Crippen molar-refractivity contribution in [2.75, 3.05) is 36.0 Å². The fourth-order valence-electron chi connectivity index (χ4n) is 3.80. The highest BCUT2D eigenvalue weighted by Gasteiger charge is 2.33. The molecule has 0 unspecified atom stereocenters. The largest absolute Gasteiger partial charge is 0.352 e. The highest BCUT2D eigenvalue weighted by molar-refractivity contribution is 5.93. The third-order valence-corrected chi connectivity index (χ3v) is 5.14. The van der Waals surface area contributed by atoms with Crippen LogP contribution in [0.15, 0.2) is 18.7 Å². The number of aromatic nitrogens is 4. The van der Waals surface area contributed by atoms with Crippen molar-refractivity contribution >= 4 is 17.5 Å². The quantitative estimate of drug-likeness (QED) is 0.901. The summed E-state index contributed by atoms with van der Waals surface area (Å²) in [5.74, 6) is 1.10. The van der Waals surface area contributed by atoms with Crippen LogP contribution in [0.1, 0.15) is 23.7 Å². The zero-order chi connectivity index (χ0) is 16.1. The molecule has 2 aromatic rings. The molecule has 0 aromatic carbocycles. The van der Waals surface area contributed by atoms with Crippen molar-refractivity contribution in [1.29, 1.82) is 0 Å². The van der Waals surface area contributed by atoms with Crippen LogP contribution < -0.4 is 15.1 Å². The molecule has 0 bridgehead atoms. The predicted octanol–water partition coefficient (Wildman–Crippen LogP) is 0.753. The molecule has 0 radical (unpaired) electrons. The first-order chi connectivity index (χ1) is 11.8. The highest BCUT2D eigenvalue weighted by atomic mass is 16.2. The maximum atomic E-state index is 11.7. The topological polar surface area (TPSA) is 79.2 Å². The Morgan fingerprint density at radius 3 is 2.96 bits per heavy atom. The maximum absolute atomic E-state index is 11.7. The minimum Gasteiger partial charge on any atom is -0.352 e. The minimum absolute atomic E-state index is 0.0404. The Labute approximate surface area is 139 Å². The number of nitrogens with one attached hydrogen (secondary N) is 1. The maximum Gasteiger partial charge on any atom is 0.322 e. The first kappa shape index (κ1) is 13.8. The van der Waals surface area contributed by atoms with E-state index in [1.165, 1.54) is 17.7 Å². The van der Waals surface area contributed by atoms with E-state index < -0.39 is 0 Å². The molecule has 0 spiro atoms. The number of carbonyl (C=O) groups excluding carboxylic acids is 1. The van der Waals surface area contributed by atoms with Crippen LogP contribution in [0.3, 0.4) is 0 Å². The van der Waals surface area contributed by atoms with Gasteiger partial charge < -0.3 is 10.2 Å². The van der Waals surface area contributed by atoms with Crippen LogP contribution in [-0.4, -0.2) is 52.0 Å². The Balaban J connectivity index is 1.30. The van der Waals surface area contributed by atoms with Gasteiger partial charge >= 0.3 is 6.03 Å². The van der Waals surface area contributed by atoms with Crippen molar-refractivity contribution in [3.63, 3.8) is 0 Å². The average Bonchev–Trinajstić information content (AvgIpc) is 3.25. The zero-order valence-electron chi connectivity index (χ0n) is 13.4. The van der Waals surface area contributed by atoms with Crippen LogP contribution >= 0.6 is 0 Å². The molecule has 124 valence electrons. The van der Waals surface area contributed by atoms with Gasteiger partial charge in [-0.3, -0.25) is 9.58 Å². The normalized spacial score (nSPS) is 20.2. The van der Waals surface area contributed by atoms with E-state index >= 15 is 0 Å². The van der Waals surface area contributed by atoms with E-state index in [-0.39, 0.29) is 6.03 Å². The Morgan fingerprint density at radius 1 is 1.21 bits per heavy atom. The standard InChI is InChI=1S/C16H19N7O/c24-16-17-4-5-22(16)11-6-20-23(9-11)12-7-21(8-12)15-13-2-1-3-14(13)18-10-19-15/h6,9-10,12H,1-5,7-8H2,(H,17,24). The van der Waals surface area contributed by atoms with Gasteiger partial charge in [0.2, 0.25) is 0 Å². The van der Waals surface area contributed by atoms with Gasteiger partial charge in [-0.25, -0.2) is 14.8 Å². The number of carbonyl (C=O) groups is 1. The molecule has 5 rings (SSSR count). The van der Waals surface area contributed by atoms with Gasteiger partial charge in [0, 0.05) is 43.6 Å². The van der Waals surface area contributed by atoms with Gasteiger partial charge in [-0.15, -0.1) is 0 Å². The third kappa shape index (κ3) is 2.05. The summed E-state index contributed by atoms with van der Waals surface area (Å²) >= 11 is 0. The second-order valence-electron chi connectivity index (χ2n) is 6.60. The third-order valence-electron chi connectivity index (χ3n) is 5.14. The molecule has 24 heavy (non-hydrogen) atoms. The first-order valence-corrected chi connectivity index (χ1v) is 8.47. The van der Waals surface area contributed by atoms with Crippen LogP contribution in [0.4, 0.5) is 16.3 Å². The smallest absolute Gasteiger partial charge is 0.322 e. The molecule has 0 saturated carbocycles. The summed E-state index contributed by atoms with van der Waals surface area (Å²) in [6.45, 7) is 3.20. The summed E-state index contributed by atoms with van der Waals surface area (Å²) < 4.78 is 1.97. The van der Waals surface area contributed by atoms with E-state index in [1.54, 1.807) is 17.4 Å². The summed E-state index contributed by atoms with van der Waals surface area (Å²) in [6, 6.07) is 0.290. The molecule has 3 aliphatic rings. The van der Waals surface area contributed by atoms with Crippen LogP contribution in [-0.2, 0) is 12.8 Å². The van der Waals surface area contributed by atoms with E-state index in [0.29, 0.717) is 19.1 Å². The van der Waals surface area contributed by atoms with E-state index in [0.717, 1.165) is 37.4 Å². The SMILES string of the molecule is O=C1NCCN1c1cnn(C2CN(c3ncnc4c3CCC4)C2)c1. The summed E-state index contributed by atoms with van der Waals surface area (Å²) in [6.07, 6.45) is 8.77.